The second-order valence-corrected chi connectivity index (χ2v) is 3.35. The molecule has 1 unspecified atom stereocenters. The molecule has 0 radical (unpaired) electrons. The Morgan fingerprint density at radius 1 is 1.64 bits per heavy atom. The van der Waals surface area contributed by atoms with Crippen LogP contribution in [-0.4, -0.2) is 22.5 Å². The lowest BCUT2D eigenvalue weighted by atomic mass is 10.1. The van der Waals surface area contributed by atoms with E-state index < -0.39 is 0 Å². The van der Waals surface area contributed by atoms with Crippen molar-refractivity contribution in [1.82, 2.24) is 9.97 Å². The maximum absolute atomic E-state index is 11.4. The monoisotopic (exact) mass is 192 g/mol. The van der Waals surface area contributed by atoms with Gasteiger partial charge in [0.25, 0.3) is 0 Å². The summed E-state index contributed by atoms with van der Waals surface area (Å²) in [4.78, 5) is 19.5. The minimum absolute atomic E-state index is 0.0540. The summed E-state index contributed by atoms with van der Waals surface area (Å²) in [5, 5.41) is 0. The third-order valence-corrected chi connectivity index (χ3v) is 2.41. The van der Waals surface area contributed by atoms with E-state index in [1.54, 1.807) is 6.20 Å². The van der Waals surface area contributed by atoms with Gasteiger partial charge in [-0.15, -0.1) is 0 Å². The van der Waals surface area contributed by atoms with Crippen LogP contribution in [-0.2, 0) is 22.4 Å². The molecule has 0 bridgehead atoms. The fraction of sp³-hybridized carbons (Fsp3) is 0.500. The second-order valence-electron chi connectivity index (χ2n) is 3.35. The molecule has 1 aromatic heterocycles. The van der Waals surface area contributed by atoms with E-state index in [2.05, 4.69) is 9.97 Å². The van der Waals surface area contributed by atoms with Crippen molar-refractivity contribution in [2.75, 3.05) is 6.61 Å². The SMILES string of the molecule is CCOC(=O)C1Cc2cncnc2C1. The molecule has 74 valence electrons. The van der Waals surface area contributed by atoms with Gasteiger partial charge in [0, 0.05) is 18.3 Å². The lowest BCUT2D eigenvalue weighted by Gasteiger charge is -2.06. The van der Waals surface area contributed by atoms with Crippen LogP contribution < -0.4 is 0 Å². The predicted octanol–water partition coefficient (Wildman–Crippen LogP) is 0.755. The van der Waals surface area contributed by atoms with E-state index in [1.807, 2.05) is 6.92 Å². The van der Waals surface area contributed by atoms with E-state index in [0.717, 1.165) is 17.7 Å². The van der Waals surface area contributed by atoms with E-state index in [4.69, 9.17) is 4.74 Å². The van der Waals surface area contributed by atoms with Crippen molar-refractivity contribution >= 4 is 5.97 Å². The molecular weight excluding hydrogens is 180 g/mol. The first-order valence-electron chi connectivity index (χ1n) is 4.75. The molecule has 0 saturated carbocycles. The van der Waals surface area contributed by atoms with Gasteiger partial charge in [-0.25, -0.2) is 9.97 Å². The largest absolute Gasteiger partial charge is 0.466 e. The number of esters is 1. The highest BCUT2D eigenvalue weighted by atomic mass is 16.5. The molecule has 1 heterocycles. The van der Waals surface area contributed by atoms with Crippen molar-refractivity contribution < 1.29 is 9.53 Å². The van der Waals surface area contributed by atoms with Crippen LogP contribution in [0.3, 0.4) is 0 Å². The zero-order valence-corrected chi connectivity index (χ0v) is 8.06. The zero-order chi connectivity index (χ0) is 9.97. The molecule has 1 aromatic rings. The minimum Gasteiger partial charge on any atom is -0.466 e. The molecule has 0 aliphatic heterocycles. The van der Waals surface area contributed by atoms with Gasteiger partial charge in [-0.1, -0.05) is 0 Å². The molecule has 14 heavy (non-hydrogen) atoms. The van der Waals surface area contributed by atoms with Crippen LogP contribution >= 0.6 is 0 Å². The van der Waals surface area contributed by atoms with Crippen LogP contribution in [0.15, 0.2) is 12.5 Å². The summed E-state index contributed by atoms with van der Waals surface area (Å²) >= 11 is 0. The molecule has 0 aromatic carbocycles. The number of hydrogen-bond donors (Lipinski definition) is 0. The quantitative estimate of drug-likeness (QED) is 0.649. The van der Waals surface area contributed by atoms with Gasteiger partial charge in [0.2, 0.25) is 0 Å². The summed E-state index contributed by atoms with van der Waals surface area (Å²) < 4.78 is 4.97. The first kappa shape index (κ1) is 9.12. The first-order chi connectivity index (χ1) is 6.81. The number of carbonyl (C=O) groups is 1. The Hall–Kier alpha value is -1.45. The highest BCUT2D eigenvalue weighted by Crippen LogP contribution is 2.24. The summed E-state index contributed by atoms with van der Waals surface area (Å²) in [5.41, 5.74) is 2.06. The number of ether oxygens (including phenoxy) is 1. The average Bonchev–Trinajstić information content (AvgIpc) is 2.61. The fourth-order valence-electron chi connectivity index (χ4n) is 1.74. The Morgan fingerprint density at radius 3 is 3.21 bits per heavy atom. The van der Waals surface area contributed by atoms with Crippen LogP contribution in [0.1, 0.15) is 18.2 Å². The Bertz CT molecular complexity index is 327. The Morgan fingerprint density at radius 2 is 2.50 bits per heavy atom. The highest BCUT2D eigenvalue weighted by Gasteiger charge is 2.29. The van der Waals surface area contributed by atoms with Crippen molar-refractivity contribution in [2.24, 2.45) is 5.92 Å². The number of carbonyl (C=O) groups excluding carboxylic acids is 1. The molecular formula is C10H12N2O2. The molecule has 4 nitrogen and oxygen atoms in total. The van der Waals surface area contributed by atoms with Gasteiger partial charge < -0.3 is 4.74 Å². The average molecular weight is 192 g/mol. The smallest absolute Gasteiger partial charge is 0.309 e. The van der Waals surface area contributed by atoms with Crippen LogP contribution in [0.5, 0.6) is 0 Å². The first-order valence-corrected chi connectivity index (χ1v) is 4.75. The van der Waals surface area contributed by atoms with E-state index >= 15 is 0 Å². The van der Waals surface area contributed by atoms with E-state index in [0.29, 0.717) is 13.0 Å². The van der Waals surface area contributed by atoms with Gasteiger partial charge in [-0.05, 0) is 18.9 Å². The van der Waals surface area contributed by atoms with Crippen molar-refractivity contribution in [3.05, 3.63) is 23.8 Å². The maximum Gasteiger partial charge on any atom is 0.309 e. The van der Waals surface area contributed by atoms with Gasteiger partial charge >= 0.3 is 5.97 Å². The summed E-state index contributed by atoms with van der Waals surface area (Å²) in [6, 6.07) is 0. The Labute approximate surface area is 82.3 Å². The van der Waals surface area contributed by atoms with Gasteiger partial charge in [0.15, 0.2) is 0 Å². The zero-order valence-electron chi connectivity index (χ0n) is 8.06. The topological polar surface area (TPSA) is 52.1 Å². The van der Waals surface area contributed by atoms with Gasteiger partial charge in [-0.2, -0.15) is 0 Å². The molecule has 1 aliphatic rings. The lowest BCUT2D eigenvalue weighted by Crippen LogP contribution is -2.17. The molecule has 0 N–H and O–H groups in total. The summed E-state index contributed by atoms with van der Waals surface area (Å²) in [7, 11) is 0. The molecule has 0 fully saturated rings. The highest BCUT2D eigenvalue weighted by molar-refractivity contribution is 5.74. The standard InChI is InChI=1S/C10H12N2O2/c1-2-14-10(13)7-3-8-5-11-6-12-9(8)4-7/h5-7H,2-4H2,1H3. The molecule has 1 aliphatic carbocycles. The molecule has 0 amide bonds. The number of aromatic nitrogens is 2. The van der Waals surface area contributed by atoms with E-state index in [9.17, 15) is 4.79 Å². The molecule has 2 rings (SSSR count). The summed E-state index contributed by atoms with van der Waals surface area (Å²) in [6.45, 7) is 2.26. The van der Waals surface area contributed by atoms with E-state index in [1.165, 1.54) is 6.33 Å². The molecule has 1 atom stereocenters. The fourth-order valence-corrected chi connectivity index (χ4v) is 1.74. The lowest BCUT2D eigenvalue weighted by molar-refractivity contribution is -0.147. The van der Waals surface area contributed by atoms with Crippen molar-refractivity contribution in [3.8, 4) is 0 Å². The number of hydrogen-bond acceptors (Lipinski definition) is 4. The van der Waals surface area contributed by atoms with E-state index in [-0.39, 0.29) is 11.9 Å². The van der Waals surface area contributed by atoms with Crippen LogP contribution in [0.4, 0.5) is 0 Å². The third kappa shape index (κ3) is 1.60. The maximum atomic E-state index is 11.4. The third-order valence-electron chi connectivity index (χ3n) is 2.41. The van der Waals surface area contributed by atoms with Gasteiger partial charge in [0.05, 0.1) is 12.5 Å². The van der Waals surface area contributed by atoms with Gasteiger partial charge in [-0.3, -0.25) is 4.79 Å². The van der Waals surface area contributed by atoms with Crippen molar-refractivity contribution in [3.63, 3.8) is 0 Å². The molecule has 0 spiro atoms. The van der Waals surface area contributed by atoms with Crippen LogP contribution in [0, 0.1) is 5.92 Å². The van der Waals surface area contributed by atoms with Crippen molar-refractivity contribution in [1.29, 1.82) is 0 Å². The molecule has 0 saturated heterocycles. The minimum atomic E-state index is -0.120. The van der Waals surface area contributed by atoms with Crippen molar-refractivity contribution in [2.45, 2.75) is 19.8 Å². The Balaban J connectivity index is 2.08. The summed E-state index contributed by atoms with van der Waals surface area (Å²) in [6.07, 6.45) is 4.71. The summed E-state index contributed by atoms with van der Waals surface area (Å²) in [5.74, 6) is -0.174. The molecule has 4 heteroatoms. The Kier molecular flexibility index (Phi) is 2.43. The van der Waals surface area contributed by atoms with Crippen LogP contribution in [0.2, 0.25) is 0 Å². The second kappa shape index (κ2) is 3.74. The number of nitrogens with zero attached hydrogens (tertiary/aromatic N) is 2. The number of rotatable bonds is 2. The van der Waals surface area contributed by atoms with Gasteiger partial charge in [0.1, 0.15) is 6.33 Å². The predicted molar refractivity (Wildman–Crippen MR) is 49.6 cm³/mol. The normalized spacial score (nSPS) is 19.1. The number of fused-ring (bicyclic) bond motifs is 1. The van der Waals surface area contributed by atoms with Crippen LogP contribution in [0.25, 0.3) is 0 Å².